The average molecular weight is 442 g/mol. The van der Waals surface area contributed by atoms with Crippen molar-refractivity contribution in [3.05, 3.63) is 132 Å². The van der Waals surface area contributed by atoms with Gasteiger partial charge < -0.3 is 0 Å². The molecule has 138 valence electrons. The zero-order chi connectivity index (χ0) is 19.2. The van der Waals surface area contributed by atoms with E-state index < -0.39 is 7.92 Å². The normalized spacial score (nSPS) is 11.5. The molecular formula is C26H24AsP. The maximum absolute atomic E-state index is 2.31. The molecule has 0 saturated carbocycles. The van der Waals surface area contributed by atoms with Gasteiger partial charge in [0.25, 0.3) is 0 Å². The van der Waals surface area contributed by atoms with Crippen molar-refractivity contribution < 1.29 is 0 Å². The van der Waals surface area contributed by atoms with Gasteiger partial charge in [0.2, 0.25) is 0 Å². The molecule has 4 aromatic rings. The summed E-state index contributed by atoms with van der Waals surface area (Å²) in [6.45, 7) is 0. The molecule has 0 nitrogen and oxygen atoms in total. The van der Waals surface area contributed by atoms with Crippen LogP contribution in [0.25, 0.3) is 0 Å². The van der Waals surface area contributed by atoms with Crippen LogP contribution in [0.4, 0.5) is 0 Å². The minimum absolute atomic E-state index is 0.0550. The molecule has 0 heterocycles. The molecule has 1 unspecified atom stereocenters. The molecule has 0 aliphatic carbocycles. The quantitative estimate of drug-likeness (QED) is 0.288. The van der Waals surface area contributed by atoms with Gasteiger partial charge in [-0.25, -0.2) is 0 Å². The zero-order valence-electron chi connectivity index (χ0n) is 15.8. The Morgan fingerprint density at radius 1 is 0.500 bits per heavy atom. The summed E-state index contributed by atoms with van der Waals surface area (Å²) in [4.78, 5) is 0. The molecule has 0 fully saturated rings. The standard InChI is InChI=1S/C26H24AsP/c27-21-26(22-13-5-1-6-14-22,23-15-7-2-8-16-23)28(24-17-9-3-10-18-24)25-19-11-4-12-20-25/h1-20H,21,27H2. The first-order valence-corrected chi connectivity index (χ1v) is 12.6. The van der Waals surface area contributed by atoms with Crippen molar-refractivity contribution in [1.29, 1.82) is 0 Å². The summed E-state index contributed by atoms with van der Waals surface area (Å²) < 4.78 is 0. The van der Waals surface area contributed by atoms with Crippen LogP contribution in [0.2, 0.25) is 5.21 Å². The average Bonchev–Trinajstić information content (AvgIpc) is 2.80. The summed E-state index contributed by atoms with van der Waals surface area (Å²) >= 11 is 1.79. The first-order valence-electron chi connectivity index (χ1n) is 9.58. The van der Waals surface area contributed by atoms with E-state index in [1.807, 2.05) is 0 Å². The van der Waals surface area contributed by atoms with Crippen molar-refractivity contribution in [3.8, 4) is 0 Å². The van der Waals surface area contributed by atoms with Crippen LogP contribution in [-0.4, -0.2) is 16.9 Å². The van der Waals surface area contributed by atoms with Gasteiger partial charge >= 0.3 is 178 Å². The molecule has 0 aliphatic heterocycles. The summed E-state index contributed by atoms with van der Waals surface area (Å²) in [6, 6.07) is 44.4. The Kier molecular flexibility index (Phi) is 6.11. The Bertz CT molecular complexity index is 907. The molecule has 2 heteroatoms. The fourth-order valence-corrected chi connectivity index (χ4v) is 9.18. The second kappa shape index (κ2) is 8.91. The molecule has 0 saturated heterocycles. The van der Waals surface area contributed by atoms with Crippen molar-refractivity contribution in [2.45, 2.75) is 10.4 Å². The first kappa shape index (κ1) is 19.2. The molecular weight excluding hydrogens is 418 g/mol. The van der Waals surface area contributed by atoms with Crippen LogP contribution >= 0.6 is 7.92 Å². The third-order valence-electron chi connectivity index (χ3n) is 5.21. The molecule has 0 radical (unpaired) electrons. The molecule has 0 aliphatic rings. The van der Waals surface area contributed by atoms with Crippen molar-refractivity contribution in [3.63, 3.8) is 0 Å². The van der Waals surface area contributed by atoms with Gasteiger partial charge in [-0.15, -0.1) is 0 Å². The third kappa shape index (κ3) is 3.60. The summed E-state index contributed by atoms with van der Waals surface area (Å²) in [7, 11) is -0.636. The van der Waals surface area contributed by atoms with Gasteiger partial charge in [-0.3, -0.25) is 0 Å². The number of rotatable bonds is 6. The predicted octanol–water partition coefficient (Wildman–Crippen LogP) is 5.11. The molecule has 0 N–H and O–H groups in total. The Morgan fingerprint density at radius 3 is 1.14 bits per heavy atom. The fourth-order valence-electron chi connectivity index (χ4n) is 3.92. The molecule has 4 aromatic carbocycles. The van der Waals surface area contributed by atoms with Crippen molar-refractivity contribution in [2.75, 3.05) is 0 Å². The van der Waals surface area contributed by atoms with Gasteiger partial charge in [0, 0.05) is 0 Å². The molecule has 0 spiro atoms. The van der Waals surface area contributed by atoms with E-state index in [1.165, 1.54) is 21.7 Å². The van der Waals surface area contributed by atoms with E-state index in [0.29, 0.717) is 0 Å². The summed E-state index contributed by atoms with van der Waals surface area (Å²) in [6.07, 6.45) is 0. The van der Waals surface area contributed by atoms with Crippen LogP contribution < -0.4 is 10.6 Å². The van der Waals surface area contributed by atoms with Gasteiger partial charge in [-0.2, -0.15) is 0 Å². The Balaban J connectivity index is 2.05. The van der Waals surface area contributed by atoms with Crippen molar-refractivity contribution in [1.82, 2.24) is 0 Å². The Hall–Kier alpha value is -2.13. The number of benzene rings is 4. The van der Waals surface area contributed by atoms with E-state index in [0.717, 1.165) is 5.21 Å². The second-order valence-electron chi connectivity index (χ2n) is 6.80. The second-order valence-corrected chi connectivity index (χ2v) is 10.1. The third-order valence-corrected chi connectivity index (χ3v) is 10.3. The van der Waals surface area contributed by atoms with Gasteiger partial charge in [-0.1, -0.05) is 0 Å². The predicted molar refractivity (Wildman–Crippen MR) is 126 cm³/mol. The SMILES string of the molecule is [AsH2]CC(c1ccccc1)(c1ccccc1)P(c1ccccc1)c1ccccc1. The van der Waals surface area contributed by atoms with Gasteiger partial charge in [0.1, 0.15) is 0 Å². The van der Waals surface area contributed by atoms with Crippen LogP contribution in [-0.2, 0) is 5.16 Å². The van der Waals surface area contributed by atoms with Crippen LogP contribution in [0.1, 0.15) is 11.1 Å². The Morgan fingerprint density at radius 2 is 0.821 bits per heavy atom. The maximum atomic E-state index is 2.31. The van der Waals surface area contributed by atoms with Crippen LogP contribution in [0.3, 0.4) is 0 Å². The van der Waals surface area contributed by atoms with E-state index >= 15 is 0 Å². The van der Waals surface area contributed by atoms with Crippen LogP contribution in [0.15, 0.2) is 121 Å². The molecule has 0 bridgehead atoms. The summed E-state index contributed by atoms with van der Waals surface area (Å²) in [5.41, 5.74) is 2.81. The zero-order valence-corrected chi connectivity index (χ0v) is 19.1. The molecule has 4 rings (SSSR count). The Labute approximate surface area is 177 Å². The summed E-state index contributed by atoms with van der Waals surface area (Å²) in [5.74, 6) is 0. The molecule has 28 heavy (non-hydrogen) atoms. The van der Waals surface area contributed by atoms with Crippen LogP contribution in [0.5, 0.6) is 0 Å². The van der Waals surface area contributed by atoms with E-state index in [-0.39, 0.29) is 5.16 Å². The molecule has 1 atom stereocenters. The van der Waals surface area contributed by atoms with E-state index in [9.17, 15) is 0 Å². The fraction of sp³-hybridized carbons (Fsp3) is 0.0769. The van der Waals surface area contributed by atoms with E-state index in [1.54, 1.807) is 16.9 Å². The van der Waals surface area contributed by atoms with Gasteiger partial charge in [-0.05, 0) is 0 Å². The van der Waals surface area contributed by atoms with Crippen molar-refractivity contribution in [2.24, 2.45) is 0 Å². The number of hydrogen-bond donors (Lipinski definition) is 0. The number of hydrogen-bond acceptors (Lipinski definition) is 0. The van der Waals surface area contributed by atoms with E-state index in [4.69, 9.17) is 0 Å². The minimum atomic E-state index is -0.636. The monoisotopic (exact) mass is 442 g/mol. The van der Waals surface area contributed by atoms with Crippen LogP contribution in [0, 0.1) is 0 Å². The van der Waals surface area contributed by atoms with E-state index in [2.05, 4.69) is 121 Å². The van der Waals surface area contributed by atoms with Gasteiger partial charge in [0.15, 0.2) is 0 Å². The molecule has 0 aromatic heterocycles. The van der Waals surface area contributed by atoms with Crippen molar-refractivity contribution >= 4 is 35.4 Å². The molecule has 0 amide bonds. The topological polar surface area (TPSA) is 0 Å². The first-order chi connectivity index (χ1) is 13.9. The van der Waals surface area contributed by atoms with Gasteiger partial charge in [0.05, 0.1) is 0 Å². The summed E-state index contributed by atoms with van der Waals surface area (Å²) in [5, 5.41) is 3.90.